The van der Waals surface area contributed by atoms with Gasteiger partial charge in [-0.15, -0.1) is 0 Å². The molecule has 1 N–H and O–H groups in total. The summed E-state index contributed by atoms with van der Waals surface area (Å²) in [4.78, 5) is 18.4. The maximum Gasteiger partial charge on any atom is 0.346 e. The number of carbonyl (C=O) groups is 1. The van der Waals surface area contributed by atoms with E-state index in [1.807, 2.05) is 48.8 Å². The maximum absolute atomic E-state index is 13.7. The Morgan fingerprint density at radius 3 is 2.71 bits per heavy atom. The number of hydrogen-bond donors (Lipinski definition) is 1. The summed E-state index contributed by atoms with van der Waals surface area (Å²) in [5.74, 6) is 1.18. The molecule has 0 radical (unpaired) electrons. The number of likely N-dealkylation sites (N-methyl/N-ethyl adjacent to an activating group) is 1. The molecule has 2 atom stereocenters. The minimum atomic E-state index is 0.0267. The van der Waals surface area contributed by atoms with Crippen LogP contribution in [0.4, 0.5) is 0 Å². The van der Waals surface area contributed by atoms with E-state index in [1.54, 1.807) is 0 Å². The predicted molar refractivity (Wildman–Crippen MR) is 123 cm³/mol. The average molecular weight is 412 g/mol. The summed E-state index contributed by atoms with van der Waals surface area (Å²) in [5.41, 5.74) is 2.03. The first kappa shape index (κ1) is 19.7. The van der Waals surface area contributed by atoms with Crippen molar-refractivity contribution in [3.8, 4) is 0 Å². The Morgan fingerprint density at radius 1 is 1.06 bits per heavy atom. The zero-order valence-corrected chi connectivity index (χ0v) is 17.7. The fourth-order valence-electron chi connectivity index (χ4n) is 4.63. The first-order chi connectivity index (χ1) is 15.1. The molecule has 5 nitrogen and oxygen atoms in total. The van der Waals surface area contributed by atoms with E-state index in [9.17, 15) is 4.79 Å². The quantitative estimate of drug-likeness (QED) is 0.516. The second-order valence-electron chi connectivity index (χ2n) is 8.52. The molecule has 5 heteroatoms. The molecule has 0 saturated carbocycles. The molecule has 5 rings (SSSR count). The summed E-state index contributed by atoms with van der Waals surface area (Å²) < 4.78 is 2.56. The molecule has 0 bridgehead atoms. The lowest BCUT2D eigenvalue weighted by molar-refractivity contribution is -0.836. The van der Waals surface area contributed by atoms with Crippen LogP contribution in [0.15, 0.2) is 85.2 Å². The molecule has 1 aliphatic heterocycles. The number of nitrogens with zero attached hydrogens (tertiary/aromatic N) is 3. The van der Waals surface area contributed by atoms with Crippen LogP contribution in [-0.2, 0) is 6.42 Å². The average Bonchev–Trinajstić information content (AvgIpc) is 3.27. The van der Waals surface area contributed by atoms with Crippen LogP contribution in [0.25, 0.3) is 10.8 Å². The third kappa shape index (κ3) is 3.78. The first-order valence-electron chi connectivity index (χ1n) is 10.8. The van der Waals surface area contributed by atoms with Gasteiger partial charge in [0.1, 0.15) is 18.5 Å². The second-order valence-corrected chi connectivity index (χ2v) is 8.52. The first-order valence-corrected chi connectivity index (χ1v) is 10.8. The van der Waals surface area contributed by atoms with Gasteiger partial charge in [0.05, 0.1) is 19.2 Å². The number of fused-ring (bicyclic) bond motifs is 1. The van der Waals surface area contributed by atoms with E-state index in [4.69, 9.17) is 0 Å². The predicted octanol–water partition coefficient (Wildman–Crippen LogP) is 4.02. The van der Waals surface area contributed by atoms with Gasteiger partial charge >= 0.3 is 5.91 Å². The van der Waals surface area contributed by atoms with E-state index >= 15 is 0 Å². The smallest absolute Gasteiger partial charge is 0.313 e. The number of quaternary nitrogens is 1. The van der Waals surface area contributed by atoms with Crippen LogP contribution < -0.4 is 5.32 Å². The van der Waals surface area contributed by atoms with Crippen LogP contribution in [0.3, 0.4) is 0 Å². The van der Waals surface area contributed by atoms with Gasteiger partial charge in [-0.2, -0.15) is 0 Å². The van der Waals surface area contributed by atoms with E-state index in [0.717, 1.165) is 41.7 Å². The molecule has 1 fully saturated rings. The Kier molecular flexibility index (Phi) is 5.14. The van der Waals surface area contributed by atoms with Crippen LogP contribution in [-0.4, -0.2) is 46.6 Å². The van der Waals surface area contributed by atoms with Crippen molar-refractivity contribution < 1.29 is 9.28 Å². The van der Waals surface area contributed by atoms with Crippen molar-refractivity contribution >= 4 is 16.7 Å². The SMILES string of the molecule is C[N+]1(C(=O)c2cccc3ccccc23)CCN[C@@H](n2ccnc2Cc2ccccc2)C1. The Hall–Kier alpha value is -3.28. The van der Waals surface area contributed by atoms with Crippen molar-refractivity contribution in [2.24, 2.45) is 0 Å². The van der Waals surface area contributed by atoms with Crippen molar-refractivity contribution in [1.82, 2.24) is 14.9 Å². The Labute approximate surface area is 182 Å². The summed E-state index contributed by atoms with van der Waals surface area (Å²) in [5, 5.41) is 5.73. The minimum absolute atomic E-state index is 0.0267. The van der Waals surface area contributed by atoms with Crippen molar-refractivity contribution in [2.75, 3.05) is 26.7 Å². The number of aromatic nitrogens is 2. The third-order valence-electron chi connectivity index (χ3n) is 6.36. The Morgan fingerprint density at radius 2 is 1.84 bits per heavy atom. The topological polar surface area (TPSA) is 46.9 Å². The molecule has 1 saturated heterocycles. The number of nitrogens with one attached hydrogen (secondary N) is 1. The normalized spacial score (nSPS) is 21.3. The monoisotopic (exact) mass is 411 g/mol. The Bertz CT molecular complexity index is 1210. The van der Waals surface area contributed by atoms with Gasteiger partial charge in [-0.25, -0.2) is 9.78 Å². The molecule has 0 spiro atoms. The molecule has 1 unspecified atom stereocenters. The van der Waals surface area contributed by atoms with Gasteiger partial charge in [0.25, 0.3) is 0 Å². The Balaban J connectivity index is 1.43. The van der Waals surface area contributed by atoms with E-state index in [1.165, 1.54) is 5.56 Å². The van der Waals surface area contributed by atoms with Gasteiger partial charge in [-0.3, -0.25) is 9.80 Å². The molecule has 1 aromatic heterocycles. The molecule has 2 heterocycles. The highest BCUT2D eigenvalue weighted by Gasteiger charge is 2.40. The molecule has 1 aliphatic rings. The summed E-state index contributed by atoms with van der Waals surface area (Å²) >= 11 is 0. The third-order valence-corrected chi connectivity index (χ3v) is 6.36. The molecule has 156 valence electrons. The number of carbonyl (C=O) groups excluding carboxylic acids is 1. The second kappa shape index (κ2) is 8.10. The van der Waals surface area contributed by atoms with Crippen molar-refractivity contribution in [3.05, 3.63) is 102 Å². The molecule has 0 aliphatic carbocycles. The standard InChI is InChI=1S/C26H27N4O/c1-30(26(31)23-13-7-11-21-10-5-6-12-22(21)23)17-15-28-25(19-30)29-16-14-27-24(29)18-20-8-3-2-4-9-20/h2-14,16,25,28H,15,17-19H2,1H3/q+1/t25-,30?/m0/s1. The van der Waals surface area contributed by atoms with Gasteiger partial charge in [0.2, 0.25) is 0 Å². The van der Waals surface area contributed by atoms with Crippen LogP contribution in [0, 0.1) is 0 Å². The lowest BCUT2D eigenvalue weighted by atomic mass is 10.0. The van der Waals surface area contributed by atoms with Crippen LogP contribution in [0.1, 0.15) is 27.9 Å². The minimum Gasteiger partial charge on any atom is -0.313 e. The fraction of sp³-hybridized carbons (Fsp3) is 0.231. The van der Waals surface area contributed by atoms with Gasteiger partial charge in [-0.05, 0) is 22.4 Å². The molecule has 4 aromatic rings. The number of amides is 1. The fourth-order valence-corrected chi connectivity index (χ4v) is 4.63. The van der Waals surface area contributed by atoms with E-state index in [0.29, 0.717) is 11.0 Å². The van der Waals surface area contributed by atoms with E-state index in [2.05, 4.69) is 58.3 Å². The zero-order valence-electron chi connectivity index (χ0n) is 17.7. The maximum atomic E-state index is 13.7. The lowest BCUT2D eigenvalue weighted by Gasteiger charge is -2.40. The molecule has 31 heavy (non-hydrogen) atoms. The van der Waals surface area contributed by atoms with Crippen LogP contribution >= 0.6 is 0 Å². The number of piperazine rings is 1. The lowest BCUT2D eigenvalue weighted by Crippen LogP contribution is -2.61. The summed E-state index contributed by atoms with van der Waals surface area (Å²) in [6.07, 6.45) is 4.67. The van der Waals surface area contributed by atoms with Crippen molar-refractivity contribution in [2.45, 2.75) is 12.6 Å². The summed E-state index contributed by atoms with van der Waals surface area (Å²) in [6.45, 7) is 2.22. The summed E-state index contributed by atoms with van der Waals surface area (Å²) in [7, 11) is 2.06. The van der Waals surface area contributed by atoms with Gasteiger partial charge < -0.3 is 4.57 Å². The highest BCUT2D eigenvalue weighted by atomic mass is 16.2. The molecular formula is C26H27N4O+. The number of rotatable bonds is 4. The van der Waals surface area contributed by atoms with Crippen molar-refractivity contribution in [1.29, 1.82) is 0 Å². The van der Waals surface area contributed by atoms with Gasteiger partial charge in [-0.1, -0.05) is 66.7 Å². The molecular weight excluding hydrogens is 384 g/mol. The number of imidazole rings is 1. The zero-order chi connectivity index (χ0) is 21.3. The van der Waals surface area contributed by atoms with Gasteiger partial charge in [0.15, 0.2) is 0 Å². The molecule has 1 amide bonds. The number of benzene rings is 3. The summed E-state index contributed by atoms with van der Waals surface area (Å²) in [6, 6.07) is 24.5. The molecule has 3 aromatic carbocycles. The largest absolute Gasteiger partial charge is 0.346 e. The van der Waals surface area contributed by atoms with Crippen molar-refractivity contribution in [3.63, 3.8) is 0 Å². The highest BCUT2D eigenvalue weighted by Crippen LogP contribution is 2.26. The van der Waals surface area contributed by atoms with E-state index in [-0.39, 0.29) is 12.1 Å². The number of hydrogen-bond acceptors (Lipinski definition) is 3. The van der Waals surface area contributed by atoms with Crippen LogP contribution in [0.5, 0.6) is 0 Å². The van der Waals surface area contributed by atoms with E-state index < -0.39 is 0 Å². The van der Waals surface area contributed by atoms with Gasteiger partial charge in [0, 0.05) is 25.4 Å². The highest BCUT2D eigenvalue weighted by molar-refractivity contribution is 6.04. The van der Waals surface area contributed by atoms with Crippen LogP contribution in [0.2, 0.25) is 0 Å².